The summed E-state index contributed by atoms with van der Waals surface area (Å²) in [6, 6.07) is 8.82. The molecule has 1 saturated heterocycles. The number of nitrogens with one attached hydrogen (secondary N) is 1. The lowest BCUT2D eigenvalue weighted by Crippen LogP contribution is -2.46. The van der Waals surface area contributed by atoms with Gasteiger partial charge in [-0.25, -0.2) is 8.42 Å². The average Bonchev–Trinajstić information content (AvgIpc) is 2.64. The zero-order valence-electron chi connectivity index (χ0n) is 14.9. The summed E-state index contributed by atoms with van der Waals surface area (Å²) in [6.45, 7) is 3.09. The lowest BCUT2D eigenvalue weighted by Gasteiger charge is -2.32. The topological polar surface area (TPSA) is 66.5 Å². The first-order valence-corrected chi connectivity index (χ1v) is 10.8. The van der Waals surface area contributed by atoms with Gasteiger partial charge in [0.2, 0.25) is 15.9 Å². The highest BCUT2D eigenvalue weighted by Gasteiger charge is 2.32. The van der Waals surface area contributed by atoms with Crippen LogP contribution in [0.4, 0.5) is 0 Å². The number of hydrogen-bond donors (Lipinski definition) is 1. The van der Waals surface area contributed by atoms with Gasteiger partial charge in [-0.15, -0.1) is 0 Å². The smallest absolute Gasteiger partial charge is 0.243 e. The molecule has 0 aromatic heterocycles. The minimum atomic E-state index is -3.44. The molecule has 6 heteroatoms. The molecule has 0 spiro atoms. The molecule has 25 heavy (non-hydrogen) atoms. The predicted octanol–water partition coefficient (Wildman–Crippen LogP) is 2.78. The molecular weight excluding hydrogens is 336 g/mol. The van der Waals surface area contributed by atoms with Gasteiger partial charge in [-0.05, 0) is 56.6 Å². The molecule has 1 heterocycles. The van der Waals surface area contributed by atoms with E-state index in [1.807, 2.05) is 6.07 Å². The lowest BCUT2D eigenvalue weighted by atomic mass is 9.87. The Balaban J connectivity index is 1.52. The number of hydrogen-bond acceptors (Lipinski definition) is 3. The Labute approximate surface area is 150 Å². The number of carbonyl (C=O) groups excluding carboxylic acids is 1. The first-order valence-electron chi connectivity index (χ1n) is 9.32. The van der Waals surface area contributed by atoms with Gasteiger partial charge in [0, 0.05) is 25.0 Å². The number of amides is 1. The molecule has 3 rings (SSSR count). The Bertz CT molecular complexity index is 674. The van der Waals surface area contributed by atoms with Gasteiger partial charge in [-0.2, -0.15) is 4.31 Å². The highest BCUT2D eigenvalue weighted by molar-refractivity contribution is 7.89. The average molecular weight is 365 g/mol. The molecular formula is C19H28N2O3S. The van der Waals surface area contributed by atoms with Crippen LogP contribution in [0.1, 0.15) is 45.4 Å². The molecule has 0 radical (unpaired) electrons. The third-order valence-electron chi connectivity index (χ3n) is 5.57. The van der Waals surface area contributed by atoms with Gasteiger partial charge in [0.25, 0.3) is 0 Å². The second-order valence-corrected chi connectivity index (χ2v) is 9.39. The molecule has 2 aliphatic rings. The number of benzene rings is 1. The number of rotatable bonds is 4. The molecule has 5 nitrogen and oxygen atoms in total. The fourth-order valence-corrected chi connectivity index (χ4v) is 5.31. The molecule has 1 aromatic rings. The normalized spacial score (nSPS) is 26.3. The molecule has 1 aliphatic heterocycles. The number of carbonyl (C=O) groups is 1. The van der Waals surface area contributed by atoms with Crippen molar-refractivity contribution in [3.05, 3.63) is 30.3 Å². The van der Waals surface area contributed by atoms with Gasteiger partial charge in [-0.3, -0.25) is 4.79 Å². The minimum absolute atomic E-state index is 0.0680. The van der Waals surface area contributed by atoms with Crippen LogP contribution in [0.5, 0.6) is 0 Å². The van der Waals surface area contributed by atoms with Crippen molar-refractivity contribution >= 4 is 15.9 Å². The van der Waals surface area contributed by atoms with Crippen molar-refractivity contribution in [3.63, 3.8) is 0 Å². The standard InChI is InChI=1S/C19H28N2O3S/c1-15-7-9-17(10-8-15)20-19(22)16-11-13-21(14-12-16)25(23,24)18-5-3-2-4-6-18/h2-6,15-17H,7-14H2,1H3,(H,20,22). The van der Waals surface area contributed by atoms with Crippen molar-refractivity contribution in [2.24, 2.45) is 11.8 Å². The Morgan fingerprint density at radius 2 is 1.60 bits per heavy atom. The lowest BCUT2D eigenvalue weighted by molar-refractivity contribution is -0.127. The Morgan fingerprint density at radius 3 is 2.20 bits per heavy atom. The van der Waals surface area contributed by atoms with Crippen LogP contribution in [0.2, 0.25) is 0 Å². The van der Waals surface area contributed by atoms with Crippen LogP contribution >= 0.6 is 0 Å². The molecule has 0 bridgehead atoms. The third kappa shape index (κ3) is 4.42. The second kappa shape index (κ2) is 7.87. The van der Waals surface area contributed by atoms with Gasteiger partial charge in [0.15, 0.2) is 0 Å². The van der Waals surface area contributed by atoms with Gasteiger partial charge < -0.3 is 5.32 Å². The van der Waals surface area contributed by atoms with E-state index in [-0.39, 0.29) is 11.8 Å². The summed E-state index contributed by atoms with van der Waals surface area (Å²) in [7, 11) is -3.44. The van der Waals surface area contributed by atoms with Crippen LogP contribution in [-0.4, -0.2) is 37.8 Å². The van der Waals surface area contributed by atoms with Crippen LogP contribution in [0.15, 0.2) is 35.2 Å². The maximum Gasteiger partial charge on any atom is 0.243 e. The summed E-state index contributed by atoms with van der Waals surface area (Å²) in [5.74, 6) is 0.803. The van der Waals surface area contributed by atoms with E-state index in [4.69, 9.17) is 0 Å². The number of nitrogens with zero attached hydrogens (tertiary/aromatic N) is 1. The number of piperidine rings is 1. The molecule has 1 N–H and O–H groups in total. The third-order valence-corrected chi connectivity index (χ3v) is 7.48. The van der Waals surface area contributed by atoms with Crippen molar-refractivity contribution in [1.82, 2.24) is 9.62 Å². The quantitative estimate of drug-likeness (QED) is 0.893. The van der Waals surface area contributed by atoms with Crippen molar-refractivity contribution < 1.29 is 13.2 Å². The molecule has 1 saturated carbocycles. The van der Waals surface area contributed by atoms with Gasteiger partial charge in [0.05, 0.1) is 4.90 Å². The summed E-state index contributed by atoms with van der Waals surface area (Å²) in [6.07, 6.45) is 5.68. The summed E-state index contributed by atoms with van der Waals surface area (Å²) in [5.41, 5.74) is 0. The molecule has 1 aromatic carbocycles. The van der Waals surface area contributed by atoms with E-state index in [0.717, 1.165) is 18.8 Å². The zero-order chi connectivity index (χ0) is 17.9. The monoisotopic (exact) mass is 364 g/mol. The van der Waals surface area contributed by atoms with Crippen molar-refractivity contribution in [2.45, 2.75) is 56.4 Å². The fraction of sp³-hybridized carbons (Fsp3) is 0.632. The van der Waals surface area contributed by atoms with Gasteiger partial charge in [-0.1, -0.05) is 25.1 Å². The molecule has 0 unspecified atom stereocenters. The Kier molecular flexibility index (Phi) is 5.79. The van der Waals surface area contributed by atoms with Crippen LogP contribution in [-0.2, 0) is 14.8 Å². The summed E-state index contributed by atoms with van der Waals surface area (Å²) in [4.78, 5) is 12.8. The first kappa shape index (κ1) is 18.4. The van der Waals surface area contributed by atoms with E-state index in [0.29, 0.717) is 36.9 Å². The van der Waals surface area contributed by atoms with Gasteiger partial charge in [0.1, 0.15) is 0 Å². The van der Waals surface area contributed by atoms with Crippen molar-refractivity contribution in [3.8, 4) is 0 Å². The Morgan fingerprint density at radius 1 is 1.00 bits per heavy atom. The summed E-state index contributed by atoms with van der Waals surface area (Å²) < 4.78 is 26.8. The van der Waals surface area contributed by atoms with Crippen molar-refractivity contribution in [1.29, 1.82) is 0 Å². The van der Waals surface area contributed by atoms with E-state index in [9.17, 15) is 13.2 Å². The zero-order valence-corrected chi connectivity index (χ0v) is 15.7. The first-order chi connectivity index (χ1) is 12.0. The largest absolute Gasteiger partial charge is 0.353 e. The maximum absolute atomic E-state index is 12.6. The molecule has 0 atom stereocenters. The van der Waals surface area contributed by atoms with E-state index in [2.05, 4.69) is 12.2 Å². The van der Waals surface area contributed by atoms with E-state index >= 15 is 0 Å². The minimum Gasteiger partial charge on any atom is -0.353 e. The molecule has 138 valence electrons. The summed E-state index contributed by atoms with van der Waals surface area (Å²) in [5, 5.41) is 3.19. The number of sulfonamides is 1. The van der Waals surface area contributed by atoms with E-state index in [1.54, 1.807) is 24.3 Å². The van der Waals surface area contributed by atoms with Crippen LogP contribution in [0, 0.1) is 11.8 Å². The van der Waals surface area contributed by atoms with Gasteiger partial charge >= 0.3 is 0 Å². The van der Waals surface area contributed by atoms with Crippen LogP contribution < -0.4 is 5.32 Å². The second-order valence-electron chi connectivity index (χ2n) is 7.46. The maximum atomic E-state index is 12.6. The van der Waals surface area contributed by atoms with Crippen LogP contribution in [0.25, 0.3) is 0 Å². The molecule has 1 amide bonds. The molecule has 1 aliphatic carbocycles. The summed E-state index contributed by atoms with van der Waals surface area (Å²) >= 11 is 0. The fourth-order valence-electron chi connectivity index (χ4n) is 3.82. The Hall–Kier alpha value is -1.40. The van der Waals surface area contributed by atoms with Crippen molar-refractivity contribution in [2.75, 3.05) is 13.1 Å². The van der Waals surface area contributed by atoms with E-state index < -0.39 is 10.0 Å². The highest BCUT2D eigenvalue weighted by atomic mass is 32.2. The van der Waals surface area contributed by atoms with Crippen LogP contribution in [0.3, 0.4) is 0 Å². The van der Waals surface area contributed by atoms with E-state index in [1.165, 1.54) is 17.1 Å². The SMILES string of the molecule is CC1CCC(NC(=O)C2CCN(S(=O)(=O)c3ccccc3)CC2)CC1. The predicted molar refractivity (Wildman–Crippen MR) is 97.5 cm³/mol. The highest BCUT2D eigenvalue weighted by Crippen LogP contribution is 2.26. The molecule has 2 fully saturated rings.